The number of carbonyl (C=O) groups is 2. The van der Waals surface area contributed by atoms with Crippen LogP contribution in [0.25, 0.3) is 0 Å². The summed E-state index contributed by atoms with van der Waals surface area (Å²) >= 11 is 0. The molecule has 0 bridgehead atoms. The molecule has 34 heavy (non-hydrogen) atoms. The van der Waals surface area contributed by atoms with Crippen LogP contribution in [0.3, 0.4) is 0 Å². The quantitative estimate of drug-likeness (QED) is 0.276. The standard InChI is InChI=1S/C30H24O4/c1-3-19-9-13-21(14-10-19)33-26-18-17-25-27(29(32)24-8-6-5-7-23(24)28(25)31)30(26)34-22-15-11-20(4-2)12-16-22/h5-18H,3-4H2,1-2H3. The number of hydrogen-bond donors (Lipinski definition) is 0. The predicted molar refractivity (Wildman–Crippen MR) is 132 cm³/mol. The first kappa shape index (κ1) is 21.7. The normalized spacial score (nSPS) is 12.2. The number of ketones is 2. The SMILES string of the molecule is CCc1ccc(Oc2ccc3c(c2Oc2ccc(CC)cc2)C(=O)c2ccccc2C3=O)cc1. The third kappa shape index (κ3) is 3.88. The van der Waals surface area contributed by atoms with Crippen molar-refractivity contribution >= 4 is 11.6 Å². The van der Waals surface area contributed by atoms with Gasteiger partial charge in [0.25, 0.3) is 0 Å². The van der Waals surface area contributed by atoms with Crippen LogP contribution in [0.2, 0.25) is 0 Å². The molecule has 168 valence electrons. The largest absolute Gasteiger partial charge is 0.453 e. The molecule has 0 fully saturated rings. The molecular formula is C30H24O4. The number of ether oxygens (including phenoxy) is 2. The van der Waals surface area contributed by atoms with Gasteiger partial charge in [0, 0.05) is 16.7 Å². The summed E-state index contributed by atoms with van der Waals surface area (Å²) in [7, 11) is 0. The highest BCUT2D eigenvalue weighted by atomic mass is 16.5. The van der Waals surface area contributed by atoms with Crippen LogP contribution in [0.1, 0.15) is 56.8 Å². The molecule has 0 unspecified atom stereocenters. The second kappa shape index (κ2) is 8.99. The molecule has 4 nitrogen and oxygen atoms in total. The summed E-state index contributed by atoms with van der Waals surface area (Å²) in [6.07, 6.45) is 1.84. The zero-order valence-electron chi connectivity index (χ0n) is 19.1. The van der Waals surface area contributed by atoms with E-state index in [-0.39, 0.29) is 22.9 Å². The highest BCUT2D eigenvalue weighted by Gasteiger charge is 2.34. The van der Waals surface area contributed by atoms with Crippen LogP contribution in [0.15, 0.2) is 84.9 Å². The molecule has 4 heteroatoms. The Morgan fingerprint density at radius 3 is 1.65 bits per heavy atom. The van der Waals surface area contributed by atoms with Crippen molar-refractivity contribution in [2.45, 2.75) is 26.7 Å². The molecular weight excluding hydrogens is 424 g/mol. The molecule has 4 aromatic carbocycles. The Labute approximate surface area is 198 Å². The fourth-order valence-electron chi connectivity index (χ4n) is 4.15. The maximum Gasteiger partial charge on any atom is 0.198 e. The van der Waals surface area contributed by atoms with Gasteiger partial charge in [-0.05, 0) is 60.4 Å². The van der Waals surface area contributed by atoms with Crippen LogP contribution in [0.4, 0.5) is 0 Å². The van der Waals surface area contributed by atoms with Crippen LogP contribution in [-0.2, 0) is 12.8 Å². The van der Waals surface area contributed by atoms with Gasteiger partial charge in [0.05, 0.1) is 5.56 Å². The van der Waals surface area contributed by atoms with E-state index in [1.807, 2.05) is 48.5 Å². The van der Waals surface area contributed by atoms with Gasteiger partial charge in [-0.25, -0.2) is 0 Å². The van der Waals surface area contributed by atoms with Gasteiger partial charge in [0.1, 0.15) is 11.5 Å². The molecule has 1 aliphatic carbocycles. The van der Waals surface area contributed by atoms with E-state index >= 15 is 0 Å². The average Bonchev–Trinajstić information content (AvgIpc) is 2.89. The number of hydrogen-bond acceptors (Lipinski definition) is 4. The van der Waals surface area contributed by atoms with Crippen LogP contribution in [0, 0.1) is 0 Å². The van der Waals surface area contributed by atoms with E-state index in [4.69, 9.17) is 9.47 Å². The highest BCUT2D eigenvalue weighted by molar-refractivity contribution is 6.29. The maximum atomic E-state index is 13.6. The van der Waals surface area contributed by atoms with Gasteiger partial charge >= 0.3 is 0 Å². The minimum Gasteiger partial charge on any atom is -0.453 e. The van der Waals surface area contributed by atoms with E-state index in [2.05, 4.69) is 13.8 Å². The van der Waals surface area contributed by atoms with Crippen molar-refractivity contribution in [1.82, 2.24) is 0 Å². The Morgan fingerprint density at radius 1 is 0.559 bits per heavy atom. The Kier molecular flexibility index (Phi) is 5.72. The van der Waals surface area contributed by atoms with Gasteiger partial charge in [-0.1, -0.05) is 62.4 Å². The van der Waals surface area contributed by atoms with E-state index < -0.39 is 0 Å². The topological polar surface area (TPSA) is 52.6 Å². The molecule has 0 aromatic heterocycles. The molecule has 0 radical (unpaired) electrons. The number of carbonyl (C=O) groups excluding carboxylic acids is 2. The lowest BCUT2D eigenvalue weighted by molar-refractivity contribution is 0.0976. The molecule has 0 saturated carbocycles. The molecule has 0 heterocycles. The molecule has 4 aromatic rings. The number of benzene rings is 4. The fourth-order valence-corrected chi connectivity index (χ4v) is 4.15. The van der Waals surface area contributed by atoms with Gasteiger partial charge in [0.15, 0.2) is 23.1 Å². The molecule has 1 aliphatic rings. The summed E-state index contributed by atoms with van der Waals surface area (Å²) in [5.74, 6) is 1.36. The third-order valence-electron chi connectivity index (χ3n) is 6.12. The lowest BCUT2D eigenvalue weighted by Gasteiger charge is -2.22. The Hall–Kier alpha value is -4.18. The third-order valence-corrected chi connectivity index (χ3v) is 6.12. The second-order valence-corrected chi connectivity index (χ2v) is 8.22. The molecule has 0 N–H and O–H groups in total. The molecule has 0 atom stereocenters. The lowest BCUT2D eigenvalue weighted by atomic mass is 9.83. The van der Waals surface area contributed by atoms with Crippen LogP contribution in [-0.4, -0.2) is 11.6 Å². The van der Waals surface area contributed by atoms with Crippen LogP contribution in [0.5, 0.6) is 23.0 Å². The molecule has 0 saturated heterocycles. The number of aryl methyl sites for hydroxylation is 2. The smallest absolute Gasteiger partial charge is 0.198 e. The van der Waals surface area contributed by atoms with E-state index in [0.717, 1.165) is 12.8 Å². The Morgan fingerprint density at radius 2 is 1.09 bits per heavy atom. The van der Waals surface area contributed by atoms with E-state index in [9.17, 15) is 9.59 Å². The summed E-state index contributed by atoms with van der Waals surface area (Å²) in [5, 5.41) is 0. The summed E-state index contributed by atoms with van der Waals surface area (Å²) in [6.45, 7) is 4.18. The molecule has 0 aliphatic heterocycles. The minimum atomic E-state index is -0.253. The van der Waals surface area contributed by atoms with Gasteiger partial charge in [0.2, 0.25) is 0 Å². The van der Waals surface area contributed by atoms with E-state index in [1.54, 1.807) is 36.4 Å². The van der Waals surface area contributed by atoms with Crippen molar-refractivity contribution < 1.29 is 19.1 Å². The molecule has 0 amide bonds. The lowest BCUT2D eigenvalue weighted by Crippen LogP contribution is -2.21. The second-order valence-electron chi connectivity index (χ2n) is 8.22. The highest BCUT2D eigenvalue weighted by Crippen LogP contribution is 2.43. The molecule has 0 spiro atoms. The summed E-state index contributed by atoms with van der Waals surface area (Å²) in [5.41, 5.74) is 3.69. The summed E-state index contributed by atoms with van der Waals surface area (Å²) in [6, 6.07) is 25.7. The summed E-state index contributed by atoms with van der Waals surface area (Å²) < 4.78 is 12.4. The first-order valence-corrected chi connectivity index (χ1v) is 11.5. The monoisotopic (exact) mass is 448 g/mol. The Bertz CT molecular complexity index is 1380. The molecule has 5 rings (SSSR count). The van der Waals surface area contributed by atoms with Crippen molar-refractivity contribution in [2.75, 3.05) is 0 Å². The maximum absolute atomic E-state index is 13.6. The zero-order chi connectivity index (χ0) is 23.7. The van der Waals surface area contributed by atoms with Crippen molar-refractivity contribution in [1.29, 1.82) is 0 Å². The van der Waals surface area contributed by atoms with E-state index in [0.29, 0.717) is 33.9 Å². The zero-order valence-corrected chi connectivity index (χ0v) is 19.1. The van der Waals surface area contributed by atoms with Crippen molar-refractivity contribution in [3.8, 4) is 23.0 Å². The van der Waals surface area contributed by atoms with Crippen molar-refractivity contribution in [3.05, 3.63) is 118 Å². The predicted octanol–water partition coefficient (Wildman–Crippen LogP) is 7.17. The fraction of sp³-hybridized carbons (Fsp3) is 0.133. The number of fused-ring (bicyclic) bond motifs is 2. The van der Waals surface area contributed by atoms with E-state index in [1.165, 1.54) is 11.1 Å². The van der Waals surface area contributed by atoms with Gasteiger partial charge in [-0.3, -0.25) is 9.59 Å². The van der Waals surface area contributed by atoms with Crippen LogP contribution >= 0.6 is 0 Å². The van der Waals surface area contributed by atoms with Crippen molar-refractivity contribution in [3.63, 3.8) is 0 Å². The first-order valence-electron chi connectivity index (χ1n) is 11.5. The Balaban J connectivity index is 1.63. The van der Waals surface area contributed by atoms with Gasteiger partial charge in [-0.15, -0.1) is 0 Å². The average molecular weight is 449 g/mol. The van der Waals surface area contributed by atoms with Crippen molar-refractivity contribution in [2.24, 2.45) is 0 Å². The van der Waals surface area contributed by atoms with Gasteiger partial charge < -0.3 is 9.47 Å². The van der Waals surface area contributed by atoms with Crippen LogP contribution < -0.4 is 9.47 Å². The summed E-state index contributed by atoms with van der Waals surface area (Å²) in [4.78, 5) is 26.8. The minimum absolute atomic E-state index is 0.199. The number of rotatable bonds is 6. The van der Waals surface area contributed by atoms with Gasteiger partial charge in [-0.2, -0.15) is 0 Å². The first-order chi connectivity index (χ1) is 16.6.